The molecule has 0 bridgehead atoms. The Kier molecular flexibility index (Phi) is 3.26. The van der Waals surface area contributed by atoms with Gasteiger partial charge < -0.3 is 5.32 Å². The van der Waals surface area contributed by atoms with Crippen molar-refractivity contribution in [2.24, 2.45) is 7.05 Å². The highest BCUT2D eigenvalue weighted by Crippen LogP contribution is 2.40. The minimum Gasteiger partial charge on any atom is -0.309 e. The summed E-state index contributed by atoms with van der Waals surface area (Å²) in [4.78, 5) is 0. The van der Waals surface area contributed by atoms with Gasteiger partial charge in [0.1, 0.15) is 0 Å². The van der Waals surface area contributed by atoms with Crippen LogP contribution in [0.4, 0.5) is 0 Å². The number of halogens is 1. The molecule has 0 radical (unpaired) electrons. The summed E-state index contributed by atoms with van der Waals surface area (Å²) in [6.45, 7) is 1.13. The summed E-state index contributed by atoms with van der Waals surface area (Å²) in [5.74, 6) is 0.719. The fraction of sp³-hybridized carbons (Fsp3) is 0.769. The molecule has 1 N–H and O–H groups in total. The van der Waals surface area contributed by atoms with Gasteiger partial charge in [0.15, 0.2) is 0 Å². The topological polar surface area (TPSA) is 29.9 Å². The van der Waals surface area contributed by atoms with Crippen molar-refractivity contribution < 1.29 is 0 Å². The minimum atomic E-state index is 0.464. The number of hydrogen-bond acceptors (Lipinski definition) is 2. The Labute approximate surface area is 111 Å². The number of rotatable bonds is 2. The molecule has 3 nitrogen and oxygen atoms in total. The fourth-order valence-electron chi connectivity index (χ4n) is 3.32. The molecule has 1 saturated heterocycles. The van der Waals surface area contributed by atoms with Crippen LogP contribution in [0.1, 0.15) is 61.9 Å². The van der Waals surface area contributed by atoms with Crippen LogP contribution in [0.3, 0.4) is 0 Å². The van der Waals surface area contributed by atoms with Crippen molar-refractivity contribution >= 4 is 15.9 Å². The van der Waals surface area contributed by atoms with E-state index in [1.807, 2.05) is 0 Å². The lowest BCUT2D eigenvalue weighted by Crippen LogP contribution is -2.14. The molecule has 0 aromatic carbocycles. The number of aryl methyl sites for hydroxylation is 1. The van der Waals surface area contributed by atoms with Crippen molar-refractivity contribution in [3.05, 3.63) is 15.9 Å². The van der Waals surface area contributed by atoms with E-state index in [1.165, 1.54) is 54.4 Å². The van der Waals surface area contributed by atoms with Crippen LogP contribution >= 0.6 is 15.9 Å². The summed E-state index contributed by atoms with van der Waals surface area (Å²) in [6, 6.07) is 0.464. The maximum Gasteiger partial charge on any atom is 0.0938 e. The van der Waals surface area contributed by atoms with Crippen LogP contribution < -0.4 is 5.32 Å². The molecule has 1 saturated carbocycles. The molecule has 1 atom stereocenters. The average molecular weight is 298 g/mol. The third-order valence-corrected chi connectivity index (χ3v) is 5.00. The number of nitrogens with zero attached hydrogens (tertiary/aromatic N) is 2. The molecule has 1 aliphatic carbocycles. The standard InChI is InChI=1S/C13H20BrN3/c1-17-13(9-5-2-3-6-9)11(14)12(16-17)10-7-4-8-15-10/h9-10,15H,2-8H2,1H3. The Balaban J connectivity index is 1.93. The van der Waals surface area contributed by atoms with E-state index in [-0.39, 0.29) is 0 Å². The third kappa shape index (κ3) is 2.06. The molecule has 94 valence electrons. The molecule has 4 heteroatoms. The Morgan fingerprint density at radius 1 is 1.24 bits per heavy atom. The van der Waals surface area contributed by atoms with Gasteiger partial charge in [-0.1, -0.05) is 12.8 Å². The molecule has 1 aliphatic heterocycles. The summed E-state index contributed by atoms with van der Waals surface area (Å²) in [6.07, 6.45) is 7.90. The highest BCUT2D eigenvalue weighted by Gasteiger charge is 2.29. The largest absolute Gasteiger partial charge is 0.309 e. The van der Waals surface area contributed by atoms with Crippen molar-refractivity contribution in [2.45, 2.75) is 50.5 Å². The highest BCUT2D eigenvalue weighted by molar-refractivity contribution is 9.10. The van der Waals surface area contributed by atoms with Gasteiger partial charge in [-0.05, 0) is 48.2 Å². The Morgan fingerprint density at radius 3 is 2.65 bits per heavy atom. The van der Waals surface area contributed by atoms with Crippen LogP contribution in [-0.2, 0) is 7.05 Å². The first-order chi connectivity index (χ1) is 8.27. The zero-order valence-corrected chi connectivity index (χ0v) is 12.0. The predicted octanol–water partition coefficient (Wildman–Crippen LogP) is 3.26. The van der Waals surface area contributed by atoms with Crippen molar-refractivity contribution in [1.82, 2.24) is 15.1 Å². The number of nitrogens with one attached hydrogen (secondary N) is 1. The van der Waals surface area contributed by atoms with E-state index in [0.717, 1.165) is 12.5 Å². The van der Waals surface area contributed by atoms with E-state index in [2.05, 4.69) is 33.0 Å². The fourth-order valence-corrected chi connectivity index (χ4v) is 4.25. The lowest BCUT2D eigenvalue weighted by molar-refractivity contribution is 0.587. The minimum absolute atomic E-state index is 0.464. The van der Waals surface area contributed by atoms with Gasteiger partial charge in [-0.15, -0.1) is 0 Å². The Morgan fingerprint density at radius 2 is 2.00 bits per heavy atom. The summed E-state index contributed by atoms with van der Waals surface area (Å²) in [5.41, 5.74) is 2.65. The summed E-state index contributed by atoms with van der Waals surface area (Å²) in [5, 5.41) is 8.28. The number of aromatic nitrogens is 2. The molecular formula is C13H20BrN3. The van der Waals surface area contributed by atoms with Gasteiger partial charge in [-0.25, -0.2) is 0 Å². The van der Waals surface area contributed by atoms with Gasteiger partial charge in [0.25, 0.3) is 0 Å². The smallest absolute Gasteiger partial charge is 0.0938 e. The van der Waals surface area contributed by atoms with Gasteiger partial charge in [0.05, 0.1) is 21.9 Å². The lowest BCUT2D eigenvalue weighted by Gasteiger charge is -2.10. The Hall–Kier alpha value is -0.350. The maximum atomic E-state index is 4.74. The highest BCUT2D eigenvalue weighted by atomic mass is 79.9. The van der Waals surface area contributed by atoms with E-state index >= 15 is 0 Å². The molecule has 1 unspecified atom stereocenters. The number of hydrogen-bond donors (Lipinski definition) is 1. The quantitative estimate of drug-likeness (QED) is 0.908. The molecule has 2 aliphatic rings. The maximum absolute atomic E-state index is 4.74. The molecule has 0 spiro atoms. The molecule has 2 heterocycles. The SMILES string of the molecule is Cn1nc(C2CCCN2)c(Br)c1C1CCCC1. The second-order valence-electron chi connectivity index (χ2n) is 5.34. The third-order valence-electron chi connectivity index (χ3n) is 4.19. The average Bonchev–Trinajstić information content (AvgIpc) is 2.99. The van der Waals surface area contributed by atoms with Crippen LogP contribution in [0.2, 0.25) is 0 Å². The van der Waals surface area contributed by atoms with Gasteiger partial charge in [-0.3, -0.25) is 4.68 Å². The molecule has 2 fully saturated rings. The van der Waals surface area contributed by atoms with Gasteiger partial charge >= 0.3 is 0 Å². The molecular weight excluding hydrogens is 278 g/mol. The van der Waals surface area contributed by atoms with Crippen LogP contribution in [0.25, 0.3) is 0 Å². The van der Waals surface area contributed by atoms with Crippen LogP contribution in [0.5, 0.6) is 0 Å². The first kappa shape index (κ1) is 11.7. The van der Waals surface area contributed by atoms with Crippen molar-refractivity contribution in [2.75, 3.05) is 6.54 Å². The van der Waals surface area contributed by atoms with Crippen LogP contribution in [-0.4, -0.2) is 16.3 Å². The van der Waals surface area contributed by atoms with E-state index in [1.54, 1.807) is 0 Å². The van der Waals surface area contributed by atoms with E-state index in [0.29, 0.717) is 6.04 Å². The molecule has 3 rings (SSSR count). The van der Waals surface area contributed by atoms with Gasteiger partial charge in [-0.2, -0.15) is 5.10 Å². The first-order valence-electron chi connectivity index (χ1n) is 6.73. The lowest BCUT2D eigenvalue weighted by atomic mass is 10.0. The van der Waals surface area contributed by atoms with Crippen LogP contribution in [0, 0.1) is 0 Å². The van der Waals surface area contributed by atoms with Crippen LogP contribution in [0.15, 0.2) is 4.47 Å². The van der Waals surface area contributed by atoms with E-state index in [4.69, 9.17) is 5.10 Å². The van der Waals surface area contributed by atoms with Gasteiger partial charge in [0, 0.05) is 13.0 Å². The van der Waals surface area contributed by atoms with Crippen molar-refractivity contribution in [3.8, 4) is 0 Å². The predicted molar refractivity (Wildman–Crippen MR) is 72.1 cm³/mol. The van der Waals surface area contributed by atoms with E-state index < -0.39 is 0 Å². The molecule has 0 amide bonds. The summed E-state index contributed by atoms with van der Waals surface area (Å²) >= 11 is 3.80. The van der Waals surface area contributed by atoms with E-state index in [9.17, 15) is 0 Å². The van der Waals surface area contributed by atoms with Gasteiger partial charge in [0.2, 0.25) is 0 Å². The van der Waals surface area contributed by atoms with Crippen molar-refractivity contribution in [3.63, 3.8) is 0 Å². The summed E-state index contributed by atoms with van der Waals surface area (Å²) in [7, 11) is 2.09. The zero-order chi connectivity index (χ0) is 11.8. The second kappa shape index (κ2) is 4.73. The molecule has 17 heavy (non-hydrogen) atoms. The first-order valence-corrected chi connectivity index (χ1v) is 7.52. The Bertz CT molecular complexity index is 401. The molecule has 1 aromatic rings. The zero-order valence-electron chi connectivity index (χ0n) is 10.4. The molecule has 1 aromatic heterocycles. The second-order valence-corrected chi connectivity index (χ2v) is 6.13. The summed E-state index contributed by atoms with van der Waals surface area (Å²) < 4.78 is 3.38. The normalized spacial score (nSPS) is 25.9. The monoisotopic (exact) mass is 297 g/mol. The van der Waals surface area contributed by atoms with Crippen molar-refractivity contribution in [1.29, 1.82) is 0 Å².